The van der Waals surface area contributed by atoms with Gasteiger partial charge in [0.25, 0.3) is 0 Å². The molecule has 3 aromatic carbocycles. The fourth-order valence-electron chi connectivity index (χ4n) is 2.81. The Morgan fingerprint density at radius 2 is 1.45 bits per heavy atom. The summed E-state index contributed by atoms with van der Waals surface area (Å²) in [5.41, 5.74) is 6.27. The van der Waals surface area contributed by atoms with E-state index < -0.39 is 0 Å². The molecule has 0 aliphatic heterocycles. The van der Waals surface area contributed by atoms with E-state index >= 15 is 0 Å². The van der Waals surface area contributed by atoms with Crippen LogP contribution in [0.25, 0.3) is 22.3 Å². The van der Waals surface area contributed by atoms with Gasteiger partial charge in [0.1, 0.15) is 5.75 Å². The van der Waals surface area contributed by atoms with Gasteiger partial charge in [-0.25, -0.2) is 0 Å². The molecule has 0 aromatic heterocycles. The number of phenols is 1. The van der Waals surface area contributed by atoms with E-state index in [1.54, 1.807) is 12.1 Å². The Morgan fingerprint density at radius 3 is 2.18 bits per heavy atom. The summed E-state index contributed by atoms with van der Waals surface area (Å²) < 4.78 is 0. The highest BCUT2D eigenvalue weighted by atomic mass is 35.5. The molecule has 0 spiro atoms. The van der Waals surface area contributed by atoms with Crippen molar-refractivity contribution in [2.45, 2.75) is 13.8 Å². The molecular formula is C20H17ClO. The van der Waals surface area contributed by atoms with E-state index in [0.717, 1.165) is 27.8 Å². The molecule has 0 atom stereocenters. The zero-order chi connectivity index (χ0) is 15.7. The standard InChI is InChI=1S/C20H17ClO/c1-13-6-3-4-8-18(13)15-10-16(12-17(22)11-15)20-14(2)7-5-9-19(20)21/h3-12,22H,1-2H3. The molecule has 0 amide bonds. The zero-order valence-electron chi connectivity index (χ0n) is 12.6. The second kappa shape index (κ2) is 5.86. The predicted octanol–water partition coefficient (Wildman–Crippen LogP) is 6.00. The highest BCUT2D eigenvalue weighted by Gasteiger charge is 2.11. The van der Waals surface area contributed by atoms with Gasteiger partial charge in [-0.3, -0.25) is 0 Å². The molecule has 0 unspecified atom stereocenters. The molecule has 0 radical (unpaired) electrons. The van der Waals surface area contributed by atoms with Crippen molar-refractivity contribution in [3.63, 3.8) is 0 Å². The van der Waals surface area contributed by atoms with Crippen molar-refractivity contribution in [3.05, 3.63) is 76.8 Å². The quantitative estimate of drug-likeness (QED) is 0.616. The lowest BCUT2D eigenvalue weighted by Gasteiger charge is -2.12. The molecule has 3 aromatic rings. The molecule has 2 heteroatoms. The van der Waals surface area contributed by atoms with E-state index in [2.05, 4.69) is 25.1 Å². The largest absolute Gasteiger partial charge is 0.508 e. The summed E-state index contributed by atoms with van der Waals surface area (Å²) in [5, 5.41) is 10.8. The van der Waals surface area contributed by atoms with Crippen molar-refractivity contribution in [2.24, 2.45) is 0 Å². The van der Waals surface area contributed by atoms with E-state index in [9.17, 15) is 5.11 Å². The Balaban J connectivity index is 2.22. The van der Waals surface area contributed by atoms with Crippen molar-refractivity contribution in [2.75, 3.05) is 0 Å². The molecule has 22 heavy (non-hydrogen) atoms. The molecule has 0 aliphatic carbocycles. The summed E-state index contributed by atoms with van der Waals surface area (Å²) >= 11 is 6.36. The SMILES string of the molecule is Cc1ccccc1-c1cc(O)cc(-c2c(C)cccc2Cl)c1. The van der Waals surface area contributed by atoms with Crippen molar-refractivity contribution < 1.29 is 5.11 Å². The fourth-order valence-corrected chi connectivity index (χ4v) is 3.14. The molecule has 1 N–H and O–H groups in total. The summed E-state index contributed by atoms with van der Waals surface area (Å²) in [6, 6.07) is 19.6. The number of benzene rings is 3. The normalized spacial score (nSPS) is 10.7. The van der Waals surface area contributed by atoms with Gasteiger partial charge in [-0.05, 0) is 65.9 Å². The highest BCUT2D eigenvalue weighted by molar-refractivity contribution is 6.33. The molecule has 3 rings (SSSR count). The van der Waals surface area contributed by atoms with Gasteiger partial charge >= 0.3 is 0 Å². The zero-order valence-corrected chi connectivity index (χ0v) is 13.4. The number of halogens is 1. The van der Waals surface area contributed by atoms with Gasteiger partial charge in [0.05, 0.1) is 0 Å². The van der Waals surface area contributed by atoms with Gasteiger partial charge in [0.2, 0.25) is 0 Å². The monoisotopic (exact) mass is 308 g/mol. The van der Waals surface area contributed by atoms with Crippen LogP contribution in [0.1, 0.15) is 11.1 Å². The van der Waals surface area contributed by atoms with Crippen LogP contribution in [0, 0.1) is 13.8 Å². The first-order valence-corrected chi connectivity index (χ1v) is 7.59. The molecule has 0 saturated heterocycles. The predicted molar refractivity (Wildman–Crippen MR) is 93.5 cm³/mol. The minimum Gasteiger partial charge on any atom is -0.508 e. The summed E-state index contributed by atoms with van der Waals surface area (Å²) in [6.45, 7) is 4.10. The average molecular weight is 309 g/mol. The summed E-state index contributed by atoms with van der Waals surface area (Å²) in [4.78, 5) is 0. The van der Waals surface area contributed by atoms with Crippen LogP contribution < -0.4 is 0 Å². The first-order valence-electron chi connectivity index (χ1n) is 7.22. The second-order valence-corrected chi connectivity index (χ2v) is 5.92. The molecular weight excluding hydrogens is 292 g/mol. The minimum absolute atomic E-state index is 0.245. The molecule has 0 fully saturated rings. The van der Waals surface area contributed by atoms with Crippen LogP contribution in [0.4, 0.5) is 0 Å². The third kappa shape index (κ3) is 2.72. The van der Waals surface area contributed by atoms with Crippen LogP contribution >= 0.6 is 11.6 Å². The Kier molecular flexibility index (Phi) is 3.91. The van der Waals surface area contributed by atoms with Crippen molar-refractivity contribution in [1.29, 1.82) is 0 Å². The number of hydrogen-bond acceptors (Lipinski definition) is 1. The minimum atomic E-state index is 0.245. The average Bonchev–Trinajstić information content (AvgIpc) is 2.47. The Bertz CT molecular complexity index is 817. The molecule has 0 heterocycles. The van der Waals surface area contributed by atoms with Gasteiger partial charge < -0.3 is 5.11 Å². The number of rotatable bonds is 2. The maximum absolute atomic E-state index is 10.1. The van der Waals surface area contributed by atoms with Gasteiger partial charge in [-0.15, -0.1) is 0 Å². The Hall–Kier alpha value is -2.25. The van der Waals surface area contributed by atoms with E-state index in [-0.39, 0.29) is 5.75 Å². The third-order valence-electron chi connectivity index (χ3n) is 3.88. The molecule has 0 aliphatic rings. The van der Waals surface area contributed by atoms with Crippen molar-refractivity contribution >= 4 is 11.6 Å². The smallest absolute Gasteiger partial charge is 0.116 e. The van der Waals surface area contributed by atoms with Gasteiger partial charge in [-0.2, -0.15) is 0 Å². The van der Waals surface area contributed by atoms with Crippen LogP contribution in [0.5, 0.6) is 5.75 Å². The number of aromatic hydroxyl groups is 1. The summed E-state index contributed by atoms with van der Waals surface area (Å²) in [6.07, 6.45) is 0. The van der Waals surface area contributed by atoms with Gasteiger partial charge in [-0.1, -0.05) is 48.0 Å². The Morgan fingerprint density at radius 1 is 0.773 bits per heavy atom. The topological polar surface area (TPSA) is 20.2 Å². The lowest BCUT2D eigenvalue weighted by Crippen LogP contribution is -1.88. The first-order chi connectivity index (χ1) is 10.6. The number of aryl methyl sites for hydroxylation is 2. The lowest BCUT2D eigenvalue weighted by molar-refractivity contribution is 0.476. The number of phenolic OH excluding ortho intramolecular Hbond substituents is 1. The van der Waals surface area contributed by atoms with Gasteiger partial charge in [0, 0.05) is 10.6 Å². The summed E-state index contributed by atoms with van der Waals surface area (Å²) in [5.74, 6) is 0.245. The van der Waals surface area contributed by atoms with E-state index in [4.69, 9.17) is 11.6 Å². The van der Waals surface area contributed by atoms with Crippen LogP contribution in [0.15, 0.2) is 60.7 Å². The van der Waals surface area contributed by atoms with Crippen molar-refractivity contribution in [3.8, 4) is 28.0 Å². The molecule has 0 bridgehead atoms. The molecule has 110 valence electrons. The van der Waals surface area contributed by atoms with Gasteiger partial charge in [0.15, 0.2) is 0 Å². The van der Waals surface area contributed by atoms with E-state index in [1.165, 1.54) is 5.56 Å². The van der Waals surface area contributed by atoms with E-state index in [1.807, 2.05) is 37.3 Å². The lowest BCUT2D eigenvalue weighted by atomic mass is 9.94. The molecule has 0 saturated carbocycles. The second-order valence-electron chi connectivity index (χ2n) is 5.52. The third-order valence-corrected chi connectivity index (χ3v) is 4.20. The van der Waals surface area contributed by atoms with Crippen molar-refractivity contribution in [1.82, 2.24) is 0 Å². The van der Waals surface area contributed by atoms with Crippen LogP contribution in [0.3, 0.4) is 0 Å². The van der Waals surface area contributed by atoms with Crippen LogP contribution in [0.2, 0.25) is 5.02 Å². The molecule has 1 nitrogen and oxygen atoms in total. The maximum atomic E-state index is 10.1. The van der Waals surface area contributed by atoms with E-state index in [0.29, 0.717) is 5.02 Å². The number of hydrogen-bond donors (Lipinski definition) is 1. The maximum Gasteiger partial charge on any atom is 0.116 e. The fraction of sp³-hybridized carbons (Fsp3) is 0.100. The summed E-state index contributed by atoms with van der Waals surface area (Å²) in [7, 11) is 0. The highest BCUT2D eigenvalue weighted by Crippen LogP contribution is 2.36. The van der Waals surface area contributed by atoms with Crippen LogP contribution in [-0.4, -0.2) is 5.11 Å². The first kappa shape index (κ1) is 14.7. The Labute approximate surface area is 135 Å². The van der Waals surface area contributed by atoms with Crippen LogP contribution in [-0.2, 0) is 0 Å².